The first-order chi connectivity index (χ1) is 8.34. The highest BCUT2D eigenvalue weighted by molar-refractivity contribution is 5.78. The number of rotatable bonds is 8. The molecule has 17 heavy (non-hydrogen) atoms. The number of ether oxygens (including phenoxy) is 2. The fourth-order valence-electron chi connectivity index (χ4n) is 1.84. The third kappa shape index (κ3) is 6.64. The van der Waals surface area contributed by atoms with Crippen molar-refractivity contribution in [1.29, 1.82) is 0 Å². The highest BCUT2D eigenvalue weighted by Gasteiger charge is 2.20. The van der Waals surface area contributed by atoms with Gasteiger partial charge >= 0.3 is 0 Å². The second-order valence-corrected chi connectivity index (χ2v) is 4.50. The topological polar surface area (TPSA) is 47.6 Å². The summed E-state index contributed by atoms with van der Waals surface area (Å²) in [5.41, 5.74) is 0. The Labute approximate surface area is 104 Å². The van der Waals surface area contributed by atoms with Gasteiger partial charge in [0.25, 0.3) is 0 Å². The predicted molar refractivity (Wildman–Crippen MR) is 66.9 cm³/mol. The molecule has 0 saturated carbocycles. The third-order valence-corrected chi connectivity index (χ3v) is 3.00. The maximum atomic E-state index is 11.7. The van der Waals surface area contributed by atoms with E-state index in [2.05, 4.69) is 12.2 Å². The SMILES string of the molecule is CCCCOCCCNC(=O)C1CCOCC1. The van der Waals surface area contributed by atoms with Gasteiger partial charge in [-0.3, -0.25) is 4.79 Å². The molecule has 0 aromatic heterocycles. The zero-order valence-corrected chi connectivity index (χ0v) is 10.9. The molecule has 0 aromatic rings. The average Bonchev–Trinajstić information content (AvgIpc) is 2.38. The lowest BCUT2D eigenvalue weighted by Gasteiger charge is -2.21. The Morgan fingerprint density at radius 1 is 1.29 bits per heavy atom. The number of carbonyl (C=O) groups is 1. The maximum absolute atomic E-state index is 11.7. The molecule has 0 aliphatic carbocycles. The van der Waals surface area contributed by atoms with Gasteiger partial charge in [-0.1, -0.05) is 13.3 Å². The van der Waals surface area contributed by atoms with Crippen molar-refractivity contribution in [2.24, 2.45) is 5.92 Å². The molecule has 0 radical (unpaired) electrons. The molecule has 4 nitrogen and oxygen atoms in total. The van der Waals surface area contributed by atoms with Crippen LogP contribution in [0.5, 0.6) is 0 Å². The Hall–Kier alpha value is -0.610. The van der Waals surface area contributed by atoms with Gasteiger partial charge in [-0.25, -0.2) is 0 Å². The summed E-state index contributed by atoms with van der Waals surface area (Å²) in [5.74, 6) is 0.339. The molecule has 0 bridgehead atoms. The van der Waals surface area contributed by atoms with Crippen molar-refractivity contribution in [2.75, 3.05) is 33.0 Å². The van der Waals surface area contributed by atoms with E-state index >= 15 is 0 Å². The summed E-state index contributed by atoms with van der Waals surface area (Å²) in [7, 11) is 0. The van der Waals surface area contributed by atoms with E-state index in [1.807, 2.05) is 0 Å². The molecule has 100 valence electrons. The molecule has 1 aliphatic rings. The van der Waals surface area contributed by atoms with Crippen molar-refractivity contribution in [3.63, 3.8) is 0 Å². The highest BCUT2D eigenvalue weighted by atomic mass is 16.5. The standard InChI is InChI=1S/C13H25NO3/c1-2-3-8-16-9-4-7-14-13(15)12-5-10-17-11-6-12/h12H,2-11H2,1H3,(H,14,15). The molecule has 1 amide bonds. The lowest BCUT2D eigenvalue weighted by molar-refractivity contribution is -0.127. The molecule has 1 saturated heterocycles. The van der Waals surface area contributed by atoms with Crippen molar-refractivity contribution < 1.29 is 14.3 Å². The van der Waals surface area contributed by atoms with Gasteiger partial charge in [0.1, 0.15) is 0 Å². The van der Waals surface area contributed by atoms with Crippen LogP contribution in [0.15, 0.2) is 0 Å². The monoisotopic (exact) mass is 243 g/mol. The average molecular weight is 243 g/mol. The molecule has 0 aromatic carbocycles. The van der Waals surface area contributed by atoms with Crippen molar-refractivity contribution in [1.82, 2.24) is 5.32 Å². The summed E-state index contributed by atoms with van der Waals surface area (Å²) in [6.45, 7) is 5.90. The van der Waals surface area contributed by atoms with Crippen LogP contribution in [0.3, 0.4) is 0 Å². The van der Waals surface area contributed by atoms with Gasteiger partial charge in [0.05, 0.1) is 0 Å². The first kappa shape index (κ1) is 14.5. The Kier molecular flexibility index (Phi) is 8.01. The van der Waals surface area contributed by atoms with Gasteiger partial charge in [-0.2, -0.15) is 0 Å². The van der Waals surface area contributed by atoms with Crippen molar-refractivity contribution in [2.45, 2.75) is 39.0 Å². The van der Waals surface area contributed by atoms with E-state index in [0.717, 1.165) is 58.7 Å². The molecule has 0 spiro atoms. The van der Waals surface area contributed by atoms with E-state index < -0.39 is 0 Å². The molecule has 1 N–H and O–H groups in total. The van der Waals surface area contributed by atoms with E-state index in [-0.39, 0.29) is 11.8 Å². The summed E-state index contributed by atoms with van der Waals surface area (Å²) < 4.78 is 10.7. The predicted octanol–water partition coefficient (Wildman–Crippen LogP) is 1.74. The van der Waals surface area contributed by atoms with E-state index in [1.165, 1.54) is 6.42 Å². The van der Waals surface area contributed by atoms with Crippen LogP contribution in [-0.2, 0) is 14.3 Å². The van der Waals surface area contributed by atoms with E-state index in [0.29, 0.717) is 0 Å². The molecular formula is C13H25NO3. The molecule has 4 heteroatoms. The van der Waals surface area contributed by atoms with Gasteiger partial charge in [0.2, 0.25) is 5.91 Å². The maximum Gasteiger partial charge on any atom is 0.223 e. The lowest BCUT2D eigenvalue weighted by atomic mass is 9.99. The van der Waals surface area contributed by atoms with Gasteiger partial charge in [-0.05, 0) is 25.7 Å². The van der Waals surface area contributed by atoms with Gasteiger partial charge in [-0.15, -0.1) is 0 Å². The fourth-order valence-corrected chi connectivity index (χ4v) is 1.84. The Morgan fingerprint density at radius 3 is 2.71 bits per heavy atom. The van der Waals surface area contributed by atoms with E-state index in [1.54, 1.807) is 0 Å². The number of nitrogens with one attached hydrogen (secondary N) is 1. The molecule has 1 fully saturated rings. The normalized spacial score (nSPS) is 17.0. The molecule has 1 rings (SSSR count). The van der Waals surface area contributed by atoms with Crippen LogP contribution in [-0.4, -0.2) is 38.9 Å². The van der Waals surface area contributed by atoms with Crippen LogP contribution in [0.4, 0.5) is 0 Å². The van der Waals surface area contributed by atoms with Crippen LogP contribution in [0.25, 0.3) is 0 Å². The van der Waals surface area contributed by atoms with Crippen molar-refractivity contribution in [3.8, 4) is 0 Å². The number of amides is 1. The molecule has 1 heterocycles. The zero-order valence-electron chi connectivity index (χ0n) is 10.9. The van der Waals surface area contributed by atoms with Gasteiger partial charge in [0, 0.05) is 38.9 Å². The second kappa shape index (κ2) is 9.42. The number of carbonyl (C=O) groups excluding carboxylic acids is 1. The van der Waals surface area contributed by atoms with Crippen LogP contribution < -0.4 is 5.32 Å². The van der Waals surface area contributed by atoms with Crippen LogP contribution in [0.1, 0.15) is 39.0 Å². The first-order valence-electron chi connectivity index (χ1n) is 6.77. The summed E-state index contributed by atoms with van der Waals surface area (Å²) in [6, 6.07) is 0. The smallest absolute Gasteiger partial charge is 0.223 e. The lowest BCUT2D eigenvalue weighted by Crippen LogP contribution is -2.35. The van der Waals surface area contributed by atoms with Gasteiger partial charge < -0.3 is 14.8 Å². The minimum Gasteiger partial charge on any atom is -0.381 e. The van der Waals surface area contributed by atoms with E-state index in [4.69, 9.17) is 9.47 Å². The van der Waals surface area contributed by atoms with Crippen LogP contribution in [0, 0.1) is 5.92 Å². The first-order valence-corrected chi connectivity index (χ1v) is 6.77. The van der Waals surface area contributed by atoms with Crippen molar-refractivity contribution in [3.05, 3.63) is 0 Å². The summed E-state index contributed by atoms with van der Waals surface area (Å²) >= 11 is 0. The number of hydrogen-bond acceptors (Lipinski definition) is 3. The summed E-state index contributed by atoms with van der Waals surface area (Å²) in [6.07, 6.45) is 4.91. The molecule has 0 unspecified atom stereocenters. The minimum absolute atomic E-state index is 0.157. The Morgan fingerprint density at radius 2 is 2.00 bits per heavy atom. The number of unbranched alkanes of at least 4 members (excludes halogenated alkanes) is 1. The zero-order chi connectivity index (χ0) is 12.3. The summed E-state index contributed by atoms with van der Waals surface area (Å²) in [4.78, 5) is 11.7. The molecular weight excluding hydrogens is 218 g/mol. The highest BCUT2D eigenvalue weighted by Crippen LogP contribution is 2.14. The largest absolute Gasteiger partial charge is 0.381 e. The molecule has 0 atom stereocenters. The van der Waals surface area contributed by atoms with Crippen LogP contribution >= 0.6 is 0 Å². The number of hydrogen-bond donors (Lipinski definition) is 1. The summed E-state index contributed by atoms with van der Waals surface area (Å²) in [5, 5.41) is 2.97. The quantitative estimate of drug-likeness (QED) is 0.661. The third-order valence-electron chi connectivity index (χ3n) is 3.00. The van der Waals surface area contributed by atoms with Gasteiger partial charge in [0.15, 0.2) is 0 Å². The Balaban J connectivity index is 1.92. The van der Waals surface area contributed by atoms with Crippen LogP contribution in [0.2, 0.25) is 0 Å². The minimum atomic E-state index is 0.157. The molecule has 1 aliphatic heterocycles. The van der Waals surface area contributed by atoms with Crippen molar-refractivity contribution >= 4 is 5.91 Å². The second-order valence-electron chi connectivity index (χ2n) is 4.50. The Bertz CT molecular complexity index is 203. The van der Waals surface area contributed by atoms with E-state index in [9.17, 15) is 4.79 Å². The fraction of sp³-hybridized carbons (Fsp3) is 0.923.